The predicted octanol–water partition coefficient (Wildman–Crippen LogP) is 3.54. The molecule has 2 aromatic carbocycles. The van der Waals surface area contributed by atoms with E-state index in [9.17, 15) is 13.2 Å². The highest BCUT2D eigenvalue weighted by atomic mass is 32.2. The molecule has 6 heteroatoms. The number of hydrogen-bond acceptors (Lipinski definition) is 3. The van der Waals surface area contributed by atoms with Crippen molar-refractivity contribution in [1.29, 1.82) is 0 Å². The first kappa shape index (κ1) is 19.6. The summed E-state index contributed by atoms with van der Waals surface area (Å²) >= 11 is 0. The largest absolute Gasteiger partial charge is 0.348 e. The maximum Gasteiger partial charge on any atom is 0.251 e. The zero-order valence-electron chi connectivity index (χ0n) is 15.6. The first-order valence-electron chi connectivity index (χ1n) is 9.41. The zero-order valence-corrected chi connectivity index (χ0v) is 16.4. The minimum Gasteiger partial charge on any atom is -0.348 e. The third kappa shape index (κ3) is 5.17. The summed E-state index contributed by atoms with van der Waals surface area (Å²) < 4.78 is 27.8. The van der Waals surface area contributed by atoms with Crippen molar-refractivity contribution in [1.82, 2.24) is 10.0 Å². The molecule has 0 saturated heterocycles. The minimum absolute atomic E-state index is 0.0147. The van der Waals surface area contributed by atoms with E-state index in [-0.39, 0.29) is 16.8 Å². The van der Waals surface area contributed by atoms with Gasteiger partial charge in [-0.05, 0) is 55.2 Å². The van der Waals surface area contributed by atoms with Gasteiger partial charge in [0.1, 0.15) is 0 Å². The molecule has 144 valence electrons. The van der Waals surface area contributed by atoms with Crippen LogP contribution in [0.25, 0.3) is 0 Å². The topological polar surface area (TPSA) is 75.3 Å². The second kappa shape index (κ2) is 8.67. The van der Waals surface area contributed by atoms with E-state index in [1.165, 1.54) is 18.6 Å². The van der Waals surface area contributed by atoms with Crippen molar-refractivity contribution >= 4 is 15.9 Å². The zero-order chi connectivity index (χ0) is 19.3. The number of carbonyl (C=O) groups excluding carboxylic acids is 1. The van der Waals surface area contributed by atoms with Crippen molar-refractivity contribution in [3.63, 3.8) is 0 Å². The number of benzene rings is 2. The monoisotopic (exact) mass is 386 g/mol. The third-order valence-electron chi connectivity index (χ3n) is 5.05. The minimum atomic E-state index is -3.54. The van der Waals surface area contributed by atoms with Gasteiger partial charge >= 0.3 is 0 Å². The summed E-state index contributed by atoms with van der Waals surface area (Å²) in [5.41, 5.74) is 2.62. The second-order valence-corrected chi connectivity index (χ2v) is 8.80. The van der Waals surface area contributed by atoms with Gasteiger partial charge in [0.25, 0.3) is 5.91 Å². The molecule has 1 aliphatic carbocycles. The highest BCUT2D eigenvalue weighted by Gasteiger charge is 2.22. The van der Waals surface area contributed by atoms with Crippen molar-refractivity contribution in [3.8, 4) is 0 Å². The average Bonchev–Trinajstić information content (AvgIpc) is 2.68. The molecular weight excluding hydrogens is 360 g/mol. The first-order chi connectivity index (χ1) is 13.0. The summed E-state index contributed by atoms with van der Waals surface area (Å²) in [4.78, 5) is 12.5. The van der Waals surface area contributed by atoms with Crippen molar-refractivity contribution in [2.24, 2.45) is 0 Å². The number of sulfonamides is 1. The normalized spacial score (nSPS) is 15.4. The van der Waals surface area contributed by atoms with Crippen LogP contribution in [-0.2, 0) is 16.6 Å². The van der Waals surface area contributed by atoms with Gasteiger partial charge in [0.15, 0.2) is 0 Å². The van der Waals surface area contributed by atoms with Gasteiger partial charge in [-0.3, -0.25) is 4.79 Å². The molecule has 27 heavy (non-hydrogen) atoms. The van der Waals surface area contributed by atoms with Gasteiger partial charge in [-0.25, -0.2) is 13.1 Å². The summed E-state index contributed by atoms with van der Waals surface area (Å²) in [5.74, 6) is -0.220. The molecule has 2 aromatic rings. The summed E-state index contributed by atoms with van der Waals surface area (Å²) in [7, 11) is -3.54. The van der Waals surface area contributed by atoms with Crippen molar-refractivity contribution in [3.05, 3.63) is 65.2 Å². The maximum atomic E-state index is 12.5. The van der Waals surface area contributed by atoms with Crippen molar-refractivity contribution in [2.75, 3.05) is 0 Å². The van der Waals surface area contributed by atoms with Crippen LogP contribution in [0.15, 0.2) is 53.4 Å². The molecule has 0 unspecified atom stereocenters. The number of carbonyl (C=O) groups is 1. The quantitative estimate of drug-likeness (QED) is 0.797. The Morgan fingerprint density at radius 3 is 2.33 bits per heavy atom. The second-order valence-electron chi connectivity index (χ2n) is 7.09. The fourth-order valence-electron chi connectivity index (χ4n) is 3.38. The Bertz CT molecular complexity index is 886. The van der Waals surface area contributed by atoms with Crippen LogP contribution in [0.2, 0.25) is 0 Å². The molecule has 0 radical (unpaired) electrons. The Labute approximate surface area is 161 Å². The van der Waals surface area contributed by atoms with E-state index >= 15 is 0 Å². The van der Waals surface area contributed by atoms with Crippen LogP contribution in [0.1, 0.15) is 53.6 Å². The van der Waals surface area contributed by atoms with Crippen LogP contribution in [0.3, 0.4) is 0 Å². The summed E-state index contributed by atoms with van der Waals surface area (Å²) in [5, 5.41) is 2.88. The SMILES string of the molecule is Cc1ccccc1CNC(=O)c1ccc(S(=O)(=O)NC2CCCCC2)cc1. The van der Waals surface area contributed by atoms with E-state index < -0.39 is 10.0 Å². The lowest BCUT2D eigenvalue weighted by Crippen LogP contribution is -2.36. The van der Waals surface area contributed by atoms with Crippen LogP contribution in [0.4, 0.5) is 0 Å². The fraction of sp³-hybridized carbons (Fsp3) is 0.381. The molecular formula is C21H26N2O3S. The van der Waals surface area contributed by atoms with E-state index in [1.54, 1.807) is 12.1 Å². The predicted molar refractivity (Wildman–Crippen MR) is 106 cm³/mol. The molecule has 0 aromatic heterocycles. The van der Waals surface area contributed by atoms with Crippen LogP contribution in [-0.4, -0.2) is 20.4 Å². The molecule has 2 N–H and O–H groups in total. The number of hydrogen-bond donors (Lipinski definition) is 2. The van der Waals surface area contributed by atoms with Gasteiger partial charge < -0.3 is 5.32 Å². The maximum absolute atomic E-state index is 12.5. The molecule has 1 amide bonds. The highest BCUT2D eigenvalue weighted by Crippen LogP contribution is 2.20. The smallest absolute Gasteiger partial charge is 0.251 e. The summed E-state index contributed by atoms with van der Waals surface area (Å²) in [6.07, 6.45) is 5.07. The van der Waals surface area contributed by atoms with Crippen LogP contribution >= 0.6 is 0 Å². The van der Waals surface area contributed by atoms with Crippen LogP contribution < -0.4 is 10.0 Å². The van der Waals surface area contributed by atoms with Crippen molar-refractivity contribution < 1.29 is 13.2 Å². The highest BCUT2D eigenvalue weighted by molar-refractivity contribution is 7.89. The molecule has 0 spiro atoms. The van der Waals surface area contributed by atoms with E-state index in [0.29, 0.717) is 12.1 Å². The average molecular weight is 387 g/mol. The van der Waals surface area contributed by atoms with E-state index in [0.717, 1.165) is 36.8 Å². The Balaban J connectivity index is 1.62. The summed E-state index contributed by atoms with van der Waals surface area (Å²) in [6.45, 7) is 2.44. The fourth-order valence-corrected chi connectivity index (χ4v) is 4.68. The van der Waals surface area contributed by atoms with E-state index in [1.807, 2.05) is 31.2 Å². The molecule has 0 bridgehead atoms. The summed E-state index contributed by atoms with van der Waals surface area (Å²) in [6, 6.07) is 14.0. The van der Waals surface area contributed by atoms with Gasteiger partial charge in [-0.1, -0.05) is 43.5 Å². The van der Waals surface area contributed by atoms with Crippen LogP contribution in [0, 0.1) is 6.92 Å². The molecule has 1 saturated carbocycles. The van der Waals surface area contributed by atoms with Gasteiger partial charge in [0.05, 0.1) is 4.90 Å². The lowest BCUT2D eigenvalue weighted by Gasteiger charge is -2.22. The van der Waals surface area contributed by atoms with Gasteiger partial charge in [-0.15, -0.1) is 0 Å². The molecule has 3 rings (SSSR count). The van der Waals surface area contributed by atoms with Crippen LogP contribution in [0.5, 0.6) is 0 Å². The van der Waals surface area contributed by atoms with Gasteiger partial charge in [-0.2, -0.15) is 0 Å². The Hall–Kier alpha value is -2.18. The van der Waals surface area contributed by atoms with Gasteiger partial charge in [0, 0.05) is 18.2 Å². The number of amides is 1. The van der Waals surface area contributed by atoms with Crippen molar-refractivity contribution in [2.45, 2.75) is 56.5 Å². The third-order valence-corrected chi connectivity index (χ3v) is 6.59. The molecule has 0 atom stereocenters. The Morgan fingerprint density at radius 1 is 1.00 bits per heavy atom. The lowest BCUT2D eigenvalue weighted by atomic mass is 9.96. The molecule has 5 nitrogen and oxygen atoms in total. The Kier molecular flexibility index (Phi) is 6.29. The van der Waals surface area contributed by atoms with E-state index in [2.05, 4.69) is 10.0 Å². The molecule has 1 aliphatic rings. The number of aryl methyl sites for hydroxylation is 1. The first-order valence-corrected chi connectivity index (χ1v) is 10.9. The molecule has 0 heterocycles. The number of nitrogens with one attached hydrogen (secondary N) is 2. The Morgan fingerprint density at radius 2 is 1.67 bits per heavy atom. The molecule has 1 fully saturated rings. The standard InChI is InChI=1S/C21H26N2O3S/c1-16-7-5-6-8-18(16)15-22-21(24)17-11-13-20(14-12-17)27(25,26)23-19-9-3-2-4-10-19/h5-8,11-14,19,23H,2-4,9-10,15H2,1H3,(H,22,24). The van der Waals surface area contributed by atoms with Gasteiger partial charge in [0.2, 0.25) is 10.0 Å². The lowest BCUT2D eigenvalue weighted by molar-refractivity contribution is 0.0950. The number of rotatable bonds is 6. The molecule has 0 aliphatic heterocycles. The van der Waals surface area contributed by atoms with E-state index in [4.69, 9.17) is 0 Å².